The lowest BCUT2D eigenvalue weighted by Crippen LogP contribution is -1.86. The van der Waals surface area contributed by atoms with Gasteiger partial charge in [0.15, 0.2) is 5.16 Å². The summed E-state index contributed by atoms with van der Waals surface area (Å²) in [5.74, 6) is 0. The predicted octanol–water partition coefficient (Wildman–Crippen LogP) is 3.37. The summed E-state index contributed by atoms with van der Waals surface area (Å²) >= 11 is 1.55. The first-order chi connectivity index (χ1) is 7.88. The summed E-state index contributed by atoms with van der Waals surface area (Å²) in [6.45, 7) is 0. The highest BCUT2D eigenvalue weighted by molar-refractivity contribution is 7.98. The van der Waals surface area contributed by atoms with Crippen molar-refractivity contribution >= 4 is 23.9 Å². The fraction of sp³-hybridized carbons (Fsp3) is 0.0769. The van der Waals surface area contributed by atoms with Gasteiger partial charge in [-0.05, 0) is 24.0 Å². The molecule has 1 aromatic heterocycles. The van der Waals surface area contributed by atoms with Gasteiger partial charge in [0.1, 0.15) is 0 Å². The van der Waals surface area contributed by atoms with Gasteiger partial charge in [-0.25, -0.2) is 9.97 Å². The van der Waals surface area contributed by atoms with Crippen molar-refractivity contribution in [3.63, 3.8) is 0 Å². The number of rotatable bonds is 3. The van der Waals surface area contributed by atoms with E-state index in [9.17, 15) is 0 Å². The van der Waals surface area contributed by atoms with Gasteiger partial charge in [-0.3, -0.25) is 0 Å². The molecule has 2 nitrogen and oxygen atoms in total. The molecule has 0 aliphatic heterocycles. The lowest BCUT2D eigenvalue weighted by molar-refractivity contribution is 0.961. The molecule has 0 aliphatic rings. The van der Waals surface area contributed by atoms with Crippen LogP contribution in [0.1, 0.15) is 11.3 Å². The molecule has 0 unspecified atom stereocenters. The summed E-state index contributed by atoms with van der Waals surface area (Å²) in [5, 5.41) is 0.801. The second kappa shape index (κ2) is 5.47. The summed E-state index contributed by atoms with van der Waals surface area (Å²) < 4.78 is 0. The second-order valence-electron chi connectivity index (χ2n) is 3.21. The molecule has 1 heterocycles. The summed E-state index contributed by atoms with van der Waals surface area (Å²) in [7, 11) is 0. The van der Waals surface area contributed by atoms with Crippen LogP contribution < -0.4 is 0 Å². The minimum absolute atomic E-state index is 0.801. The summed E-state index contributed by atoms with van der Waals surface area (Å²) in [6, 6.07) is 12.1. The van der Waals surface area contributed by atoms with Crippen LogP contribution in [0.25, 0.3) is 12.2 Å². The van der Waals surface area contributed by atoms with E-state index in [1.807, 2.05) is 42.7 Å². The van der Waals surface area contributed by atoms with E-state index in [4.69, 9.17) is 0 Å². The standard InChI is InChI=1S/C13H12N2S/c1-16-13-14-10-9-12(15-13)8-7-11-5-3-2-4-6-11/h2-10H,1H3/b8-7+. The maximum atomic E-state index is 4.37. The Kier molecular flexibility index (Phi) is 3.72. The highest BCUT2D eigenvalue weighted by Crippen LogP contribution is 2.10. The van der Waals surface area contributed by atoms with Gasteiger partial charge in [0.05, 0.1) is 5.69 Å². The zero-order valence-corrected chi connectivity index (χ0v) is 9.82. The Morgan fingerprint density at radius 3 is 2.62 bits per heavy atom. The van der Waals surface area contributed by atoms with E-state index in [0.29, 0.717) is 0 Å². The topological polar surface area (TPSA) is 25.8 Å². The van der Waals surface area contributed by atoms with Crippen molar-refractivity contribution in [3.05, 3.63) is 53.9 Å². The Morgan fingerprint density at radius 1 is 1.06 bits per heavy atom. The lowest BCUT2D eigenvalue weighted by atomic mass is 10.2. The summed E-state index contributed by atoms with van der Waals surface area (Å²) in [5.41, 5.74) is 2.11. The number of hydrogen-bond donors (Lipinski definition) is 0. The van der Waals surface area contributed by atoms with Crippen molar-refractivity contribution in [2.24, 2.45) is 0 Å². The zero-order chi connectivity index (χ0) is 11.2. The van der Waals surface area contributed by atoms with E-state index >= 15 is 0 Å². The van der Waals surface area contributed by atoms with Gasteiger partial charge in [0, 0.05) is 6.20 Å². The molecule has 0 saturated carbocycles. The second-order valence-corrected chi connectivity index (χ2v) is 3.99. The summed E-state index contributed by atoms with van der Waals surface area (Å²) in [6.07, 6.45) is 7.80. The Labute approximate surface area is 99.5 Å². The van der Waals surface area contributed by atoms with Crippen molar-refractivity contribution < 1.29 is 0 Å². The van der Waals surface area contributed by atoms with Crippen LogP contribution in [0.2, 0.25) is 0 Å². The number of benzene rings is 1. The van der Waals surface area contributed by atoms with Crippen LogP contribution in [0, 0.1) is 0 Å². The predicted molar refractivity (Wildman–Crippen MR) is 69.2 cm³/mol. The average Bonchev–Trinajstić information content (AvgIpc) is 2.38. The first kappa shape index (κ1) is 10.9. The zero-order valence-electron chi connectivity index (χ0n) is 9.00. The van der Waals surface area contributed by atoms with Crippen LogP contribution >= 0.6 is 11.8 Å². The molecular formula is C13H12N2S. The molecule has 0 spiro atoms. The molecule has 0 bridgehead atoms. The molecule has 0 amide bonds. The van der Waals surface area contributed by atoms with E-state index in [0.717, 1.165) is 10.9 Å². The molecule has 0 aliphatic carbocycles. The van der Waals surface area contributed by atoms with E-state index < -0.39 is 0 Å². The molecule has 80 valence electrons. The van der Waals surface area contributed by atoms with Crippen LogP contribution in [-0.4, -0.2) is 16.2 Å². The highest BCUT2D eigenvalue weighted by Gasteiger charge is 1.93. The Morgan fingerprint density at radius 2 is 1.88 bits per heavy atom. The Balaban J connectivity index is 2.17. The SMILES string of the molecule is CSc1nccc(/C=C/c2ccccc2)n1. The maximum absolute atomic E-state index is 4.37. The van der Waals surface area contributed by atoms with Gasteiger partial charge in [0.2, 0.25) is 0 Å². The molecule has 16 heavy (non-hydrogen) atoms. The van der Waals surface area contributed by atoms with Gasteiger partial charge in [-0.2, -0.15) is 0 Å². The van der Waals surface area contributed by atoms with Crippen molar-refractivity contribution in [1.82, 2.24) is 9.97 Å². The van der Waals surface area contributed by atoms with E-state index in [-0.39, 0.29) is 0 Å². The van der Waals surface area contributed by atoms with Gasteiger partial charge in [0.25, 0.3) is 0 Å². The quantitative estimate of drug-likeness (QED) is 0.595. The molecule has 0 fully saturated rings. The fourth-order valence-corrected chi connectivity index (χ4v) is 1.65. The van der Waals surface area contributed by atoms with E-state index in [1.165, 1.54) is 5.56 Å². The van der Waals surface area contributed by atoms with Gasteiger partial charge in [-0.15, -0.1) is 0 Å². The first-order valence-electron chi connectivity index (χ1n) is 4.98. The van der Waals surface area contributed by atoms with Crippen LogP contribution in [0.5, 0.6) is 0 Å². The number of thioether (sulfide) groups is 1. The van der Waals surface area contributed by atoms with Gasteiger partial charge in [-0.1, -0.05) is 48.2 Å². The molecular weight excluding hydrogens is 216 g/mol. The average molecular weight is 228 g/mol. The normalized spacial score (nSPS) is 10.8. The molecule has 3 heteroatoms. The van der Waals surface area contributed by atoms with Gasteiger partial charge < -0.3 is 0 Å². The van der Waals surface area contributed by atoms with Crippen LogP contribution in [0.15, 0.2) is 47.8 Å². The third-order valence-corrected chi connectivity index (χ3v) is 2.65. The smallest absolute Gasteiger partial charge is 0.187 e. The largest absolute Gasteiger partial charge is 0.231 e. The fourth-order valence-electron chi connectivity index (χ4n) is 1.29. The molecule has 0 atom stereocenters. The number of hydrogen-bond acceptors (Lipinski definition) is 3. The molecule has 0 saturated heterocycles. The maximum Gasteiger partial charge on any atom is 0.187 e. The molecule has 0 N–H and O–H groups in total. The van der Waals surface area contributed by atoms with Gasteiger partial charge >= 0.3 is 0 Å². The van der Waals surface area contributed by atoms with E-state index in [1.54, 1.807) is 18.0 Å². The minimum Gasteiger partial charge on any atom is -0.231 e. The van der Waals surface area contributed by atoms with Crippen LogP contribution in [0.3, 0.4) is 0 Å². The van der Waals surface area contributed by atoms with E-state index in [2.05, 4.69) is 22.1 Å². The van der Waals surface area contributed by atoms with Crippen LogP contribution in [0.4, 0.5) is 0 Å². The Hall–Kier alpha value is -1.61. The molecule has 0 radical (unpaired) electrons. The lowest BCUT2D eigenvalue weighted by Gasteiger charge is -1.96. The molecule has 1 aromatic carbocycles. The van der Waals surface area contributed by atoms with Crippen molar-refractivity contribution in [3.8, 4) is 0 Å². The third-order valence-electron chi connectivity index (χ3n) is 2.08. The monoisotopic (exact) mass is 228 g/mol. The first-order valence-corrected chi connectivity index (χ1v) is 6.21. The number of nitrogens with zero attached hydrogens (tertiary/aromatic N) is 2. The molecule has 2 aromatic rings. The van der Waals surface area contributed by atoms with Crippen molar-refractivity contribution in [2.75, 3.05) is 6.26 Å². The van der Waals surface area contributed by atoms with Crippen molar-refractivity contribution in [2.45, 2.75) is 5.16 Å². The minimum atomic E-state index is 0.801. The summed E-state index contributed by atoms with van der Waals surface area (Å²) in [4.78, 5) is 8.50. The highest BCUT2D eigenvalue weighted by atomic mass is 32.2. The number of aromatic nitrogens is 2. The Bertz CT molecular complexity index is 480. The molecule has 2 rings (SSSR count). The van der Waals surface area contributed by atoms with Crippen molar-refractivity contribution in [1.29, 1.82) is 0 Å². The van der Waals surface area contributed by atoms with Crippen LogP contribution in [-0.2, 0) is 0 Å². The third kappa shape index (κ3) is 2.94.